The number of ether oxygens (including phenoxy) is 1. The molecule has 0 radical (unpaired) electrons. The van der Waals surface area contributed by atoms with Crippen LogP contribution in [0.1, 0.15) is 26.7 Å². The van der Waals surface area contributed by atoms with Gasteiger partial charge < -0.3 is 15.4 Å². The van der Waals surface area contributed by atoms with Gasteiger partial charge in [-0.1, -0.05) is 0 Å². The predicted molar refractivity (Wildman–Crippen MR) is 72.6 cm³/mol. The molecule has 0 bridgehead atoms. The molecule has 1 aliphatic carbocycles. The van der Waals surface area contributed by atoms with E-state index in [2.05, 4.69) is 18.7 Å². The Morgan fingerprint density at radius 3 is 2.61 bits per heavy atom. The van der Waals surface area contributed by atoms with Crippen LogP contribution in [0.3, 0.4) is 0 Å². The molecule has 3 nitrogen and oxygen atoms in total. The number of anilines is 2. The highest BCUT2D eigenvalue weighted by molar-refractivity contribution is 5.70. The van der Waals surface area contributed by atoms with Crippen molar-refractivity contribution in [2.24, 2.45) is 5.92 Å². The van der Waals surface area contributed by atoms with E-state index in [4.69, 9.17) is 10.5 Å². The Labute approximate surface area is 108 Å². The van der Waals surface area contributed by atoms with E-state index in [0.29, 0.717) is 11.7 Å². The smallest absolute Gasteiger partial charge is 0.167 e. The minimum atomic E-state index is -0.408. The van der Waals surface area contributed by atoms with E-state index in [1.807, 2.05) is 0 Å². The van der Waals surface area contributed by atoms with Crippen molar-refractivity contribution in [1.29, 1.82) is 0 Å². The maximum atomic E-state index is 13.5. The summed E-state index contributed by atoms with van der Waals surface area (Å²) in [6, 6.07) is 3.38. The van der Waals surface area contributed by atoms with Gasteiger partial charge in [0.15, 0.2) is 11.6 Å². The van der Waals surface area contributed by atoms with Crippen molar-refractivity contribution in [2.75, 3.05) is 24.3 Å². The number of benzene rings is 1. The van der Waals surface area contributed by atoms with Crippen LogP contribution in [0.4, 0.5) is 15.8 Å². The first kappa shape index (κ1) is 13.0. The minimum Gasteiger partial charge on any atom is -0.494 e. The summed E-state index contributed by atoms with van der Waals surface area (Å²) in [6.07, 6.45) is 2.56. The number of hydrogen-bond acceptors (Lipinski definition) is 3. The van der Waals surface area contributed by atoms with Crippen molar-refractivity contribution < 1.29 is 9.13 Å². The van der Waals surface area contributed by atoms with Gasteiger partial charge in [0.1, 0.15) is 0 Å². The van der Waals surface area contributed by atoms with Crippen LogP contribution < -0.4 is 15.4 Å². The number of nitrogens with two attached hydrogens (primary N) is 1. The topological polar surface area (TPSA) is 38.5 Å². The summed E-state index contributed by atoms with van der Waals surface area (Å²) in [7, 11) is 1.47. The van der Waals surface area contributed by atoms with Crippen LogP contribution in [0.25, 0.3) is 0 Å². The van der Waals surface area contributed by atoms with Crippen LogP contribution >= 0.6 is 0 Å². The van der Waals surface area contributed by atoms with Gasteiger partial charge in [-0.15, -0.1) is 0 Å². The van der Waals surface area contributed by atoms with Crippen molar-refractivity contribution in [2.45, 2.75) is 32.7 Å². The molecule has 0 aliphatic heterocycles. The van der Waals surface area contributed by atoms with Crippen LogP contribution in [0.5, 0.6) is 5.75 Å². The molecule has 0 unspecified atom stereocenters. The molecule has 1 fully saturated rings. The highest BCUT2D eigenvalue weighted by atomic mass is 19.1. The maximum absolute atomic E-state index is 13.5. The van der Waals surface area contributed by atoms with Gasteiger partial charge in [0.25, 0.3) is 0 Å². The Bertz CT molecular complexity index is 430. The van der Waals surface area contributed by atoms with Gasteiger partial charge in [-0.2, -0.15) is 0 Å². The fraction of sp³-hybridized carbons (Fsp3) is 0.571. The first-order valence-electron chi connectivity index (χ1n) is 6.42. The molecule has 0 aromatic heterocycles. The van der Waals surface area contributed by atoms with Gasteiger partial charge in [-0.25, -0.2) is 4.39 Å². The van der Waals surface area contributed by atoms with Gasteiger partial charge in [0, 0.05) is 24.7 Å². The SMILES string of the molecule is COc1cc(N(CC2CC2)C(C)C)c(N)cc1F. The summed E-state index contributed by atoms with van der Waals surface area (Å²) >= 11 is 0. The van der Waals surface area contributed by atoms with Gasteiger partial charge in [0.05, 0.1) is 18.5 Å². The van der Waals surface area contributed by atoms with Crippen LogP contribution in [0, 0.1) is 11.7 Å². The lowest BCUT2D eigenvalue weighted by atomic mass is 10.1. The maximum Gasteiger partial charge on any atom is 0.167 e. The van der Waals surface area contributed by atoms with Crippen molar-refractivity contribution in [3.63, 3.8) is 0 Å². The van der Waals surface area contributed by atoms with E-state index in [-0.39, 0.29) is 5.75 Å². The van der Waals surface area contributed by atoms with E-state index in [9.17, 15) is 4.39 Å². The molecule has 4 heteroatoms. The standard InChI is InChI=1S/C14H21FN2O/c1-9(2)17(8-10-4-5-10)13-7-14(18-3)11(15)6-12(13)16/h6-7,9-10H,4-5,8,16H2,1-3H3. The monoisotopic (exact) mass is 252 g/mol. The van der Waals surface area contributed by atoms with E-state index in [1.165, 1.54) is 26.0 Å². The predicted octanol–water partition coefficient (Wildman–Crippen LogP) is 3.04. The second kappa shape index (κ2) is 5.04. The summed E-state index contributed by atoms with van der Waals surface area (Å²) in [5.74, 6) is 0.595. The molecule has 1 aliphatic rings. The van der Waals surface area contributed by atoms with Gasteiger partial charge in [-0.3, -0.25) is 0 Å². The molecule has 1 aromatic rings. The number of nitrogen functional groups attached to an aromatic ring is 1. The summed E-state index contributed by atoms with van der Waals surface area (Å²) in [5, 5.41) is 0. The van der Waals surface area contributed by atoms with E-state index >= 15 is 0 Å². The van der Waals surface area contributed by atoms with Crippen molar-refractivity contribution in [1.82, 2.24) is 0 Å². The molecule has 0 saturated heterocycles. The molecular weight excluding hydrogens is 231 g/mol. The zero-order valence-electron chi connectivity index (χ0n) is 11.2. The number of halogens is 1. The van der Waals surface area contributed by atoms with Gasteiger partial charge in [0.2, 0.25) is 0 Å². The Kier molecular flexibility index (Phi) is 3.64. The Hall–Kier alpha value is -1.45. The minimum absolute atomic E-state index is 0.251. The third-order valence-electron chi connectivity index (χ3n) is 3.39. The highest BCUT2D eigenvalue weighted by Gasteiger charge is 2.27. The lowest BCUT2D eigenvalue weighted by Gasteiger charge is -2.30. The highest BCUT2D eigenvalue weighted by Crippen LogP contribution is 2.36. The van der Waals surface area contributed by atoms with Crippen LogP contribution in [-0.4, -0.2) is 19.7 Å². The third kappa shape index (κ3) is 2.68. The lowest BCUT2D eigenvalue weighted by molar-refractivity contribution is 0.386. The molecule has 2 N–H and O–H groups in total. The molecule has 0 spiro atoms. The molecule has 100 valence electrons. The molecule has 1 saturated carbocycles. The molecule has 0 atom stereocenters. The van der Waals surface area contributed by atoms with Crippen LogP contribution in [0.15, 0.2) is 12.1 Å². The van der Waals surface area contributed by atoms with E-state index in [0.717, 1.165) is 18.2 Å². The first-order chi connectivity index (χ1) is 8.52. The summed E-state index contributed by atoms with van der Waals surface area (Å²) in [6.45, 7) is 5.23. The average molecular weight is 252 g/mol. The fourth-order valence-corrected chi connectivity index (χ4v) is 2.13. The van der Waals surface area contributed by atoms with Crippen molar-refractivity contribution >= 4 is 11.4 Å². The molecule has 1 aromatic carbocycles. The Balaban J connectivity index is 2.32. The first-order valence-corrected chi connectivity index (χ1v) is 6.42. The van der Waals surface area contributed by atoms with Gasteiger partial charge >= 0.3 is 0 Å². The largest absolute Gasteiger partial charge is 0.494 e. The normalized spacial score (nSPS) is 14.9. The van der Waals surface area contributed by atoms with E-state index in [1.54, 1.807) is 6.07 Å². The van der Waals surface area contributed by atoms with Crippen molar-refractivity contribution in [3.8, 4) is 5.75 Å². The summed E-state index contributed by atoms with van der Waals surface area (Å²) in [4.78, 5) is 2.23. The lowest BCUT2D eigenvalue weighted by Crippen LogP contribution is -2.33. The Morgan fingerprint density at radius 1 is 1.44 bits per heavy atom. The second-order valence-corrected chi connectivity index (χ2v) is 5.24. The van der Waals surface area contributed by atoms with Crippen molar-refractivity contribution in [3.05, 3.63) is 17.9 Å². The molecule has 2 rings (SSSR count). The van der Waals surface area contributed by atoms with Crippen LogP contribution in [-0.2, 0) is 0 Å². The molecular formula is C14H21FN2O. The third-order valence-corrected chi connectivity index (χ3v) is 3.39. The van der Waals surface area contributed by atoms with E-state index < -0.39 is 5.82 Å². The zero-order valence-corrected chi connectivity index (χ0v) is 11.2. The molecule has 0 amide bonds. The number of rotatable bonds is 5. The number of methoxy groups -OCH3 is 1. The van der Waals surface area contributed by atoms with Crippen LogP contribution in [0.2, 0.25) is 0 Å². The Morgan fingerprint density at radius 2 is 2.11 bits per heavy atom. The number of nitrogens with zero attached hydrogens (tertiary/aromatic N) is 1. The zero-order chi connectivity index (χ0) is 13.3. The second-order valence-electron chi connectivity index (χ2n) is 5.24. The molecule has 18 heavy (non-hydrogen) atoms. The molecule has 0 heterocycles. The van der Waals surface area contributed by atoms with Gasteiger partial charge in [-0.05, 0) is 32.6 Å². The average Bonchev–Trinajstić information content (AvgIpc) is 3.10. The fourth-order valence-electron chi connectivity index (χ4n) is 2.13. The summed E-state index contributed by atoms with van der Waals surface area (Å²) in [5.41, 5.74) is 7.29. The quantitative estimate of drug-likeness (QED) is 0.819. The number of hydrogen-bond donors (Lipinski definition) is 1. The summed E-state index contributed by atoms with van der Waals surface area (Å²) < 4.78 is 18.6.